The molecule has 1 saturated heterocycles. The van der Waals surface area contributed by atoms with Crippen LogP contribution in [0.1, 0.15) is 79.3 Å². The first-order chi connectivity index (χ1) is 25.1. The van der Waals surface area contributed by atoms with Crippen LogP contribution in [0.3, 0.4) is 0 Å². The minimum Gasteiger partial charge on any atom is -0.481 e. The van der Waals surface area contributed by atoms with Gasteiger partial charge in [0.2, 0.25) is 5.91 Å². The predicted octanol–water partition coefficient (Wildman–Crippen LogP) is 4.09. The maximum Gasteiger partial charge on any atom is 0.320 e. The van der Waals surface area contributed by atoms with Crippen molar-refractivity contribution in [2.45, 2.75) is 88.2 Å². The number of hydrogen-bond donors (Lipinski definition) is 5. The van der Waals surface area contributed by atoms with Gasteiger partial charge in [-0.1, -0.05) is 61.4 Å². The van der Waals surface area contributed by atoms with Gasteiger partial charge in [0.15, 0.2) is 6.10 Å². The minimum absolute atomic E-state index is 0. The van der Waals surface area contributed by atoms with Gasteiger partial charge in [0.05, 0.1) is 12.5 Å². The molecule has 293 valence electrons. The van der Waals surface area contributed by atoms with Crippen LogP contribution in [-0.2, 0) is 49.6 Å². The van der Waals surface area contributed by atoms with Crippen LogP contribution >= 0.6 is 16.5 Å². The molecule has 0 saturated carbocycles. The quantitative estimate of drug-likeness (QED) is 0.0267. The Morgan fingerprint density at radius 3 is 2.20 bits per heavy atom. The number of carbonyl (C=O) groups excluding carboxylic acids is 3. The largest absolute Gasteiger partial charge is 0.481 e. The molecule has 0 aromatic heterocycles. The summed E-state index contributed by atoms with van der Waals surface area (Å²) in [6.45, 7) is 0.275. The molecule has 2 aromatic rings. The Morgan fingerprint density at radius 2 is 1.59 bits per heavy atom. The van der Waals surface area contributed by atoms with Crippen LogP contribution in [0.25, 0.3) is 0 Å². The SMILES string of the molecule is O=C(O)CCCCCCN1C(=O)CC[C@@H]1/C=C/[C@@H](OC(=O)Cc1ccc(C(=O)NCCCC(O)(O[PH](=O)O)O[PH](=O)O)cc1)C(F)(F)c1ccccc1.[Na]. The number of aliphatic carboxylic acids is 1. The van der Waals surface area contributed by atoms with E-state index in [0.29, 0.717) is 44.2 Å². The van der Waals surface area contributed by atoms with E-state index < -0.39 is 71.2 Å². The molecule has 1 fully saturated rings. The summed E-state index contributed by atoms with van der Waals surface area (Å²) in [4.78, 5) is 68.2. The Morgan fingerprint density at radius 1 is 0.963 bits per heavy atom. The molecule has 4 atom stereocenters. The maximum atomic E-state index is 15.8. The summed E-state index contributed by atoms with van der Waals surface area (Å²) in [5, 5.41) is 21.3. The smallest absolute Gasteiger partial charge is 0.320 e. The summed E-state index contributed by atoms with van der Waals surface area (Å²) >= 11 is 0. The van der Waals surface area contributed by atoms with Crippen LogP contribution in [0.15, 0.2) is 66.7 Å². The summed E-state index contributed by atoms with van der Waals surface area (Å²) in [5.41, 5.74) is 0.126. The van der Waals surface area contributed by atoms with Crippen LogP contribution in [-0.4, -0.2) is 109 Å². The van der Waals surface area contributed by atoms with E-state index in [0.717, 1.165) is 6.08 Å². The van der Waals surface area contributed by atoms with E-state index in [1.165, 1.54) is 54.6 Å². The molecule has 1 radical (unpaired) electrons. The van der Waals surface area contributed by atoms with Crippen molar-refractivity contribution in [3.63, 3.8) is 0 Å². The number of hydrogen-bond acceptors (Lipinski definition) is 10. The number of benzene rings is 2. The second-order valence-corrected chi connectivity index (χ2v) is 13.7. The van der Waals surface area contributed by atoms with E-state index in [2.05, 4.69) is 14.4 Å². The molecule has 2 amide bonds. The molecule has 20 heteroatoms. The standard InChI is InChI=1S/C34H44F2N2O13P2.Na/c35-34(36,26-9-4-3-5-10-26)28(18-16-27-17-19-29(39)38(27)22-7-2-1-6-11-30(40)41)49-31(42)23-24-12-14-25(15-13-24)32(43)37-21-8-20-33(44,50-52(45)46)51-53(47)48;/h3-5,9-10,12-16,18,27-28,44,52-53H,1-2,6-8,11,17,19-23H2,(H,37,43)(H,40,41)(H,45,46)(H,47,48);/b18-16+;/t27-,28+;/m0./s1. The number of likely N-dealkylation sites (tertiary alicyclic amines) is 1. The van der Waals surface area contributed by atoms with Gasteiger partial charge in [0.25, 0.3) is 11.9 Å². The summed E-state index contributed by atoms with van der Waals surface area (Å²) in [5.74, 6) is -8.99. The van der Waals surface area contributed by atoms with Crippen LogP contribution in [0.5, 0.6) is 0 Å². The Hall–Kier alpha value is -2.82. The number of unbranched alkanes of at least 4 members (excludes halogenated alkanes) is 3. The van der Waals surface area contributed by atoms with Crippen molar-refractivity contribution < 1.29 is 70.9 Å². The molecule has 5 N–H and O–H groups in total. The Bertz CT molecular complexity index is 1600. The molecule has 1 heterocycles. The number of esters is 1. The van der Waals surface area contributed by atoms with Crippen LogP contribution < -0.4 is 5.32 Å². The number of carboxylic acids is 1. The summed E-state index contributed by atoms with van der Waals surface area (Å²) in [6.07, 6.45) is 2.75. The minimum atomic E-state index is -3.73. The zero-order chi connectivity index (χ0) is 39.0. The van der Waals surface area contributed by atoms with E-state index in [1.54, 1.807) is 11.0 Å². The van der Waals surface area contributed by atoms with Gasteiger partial charge in [-0.25, -0.2) is 0 Å². The van der Waals surface area contributed by atoms with Gasteiger partial charge in [0, 0.05) is 73.0 Å². The molecule has 1 aliphatic heterocycles. The van der Waals surface area contributed by atoms with Gasteiger partial charge < -0.3 is 35.0 Å². The molecule has 15 nitrogen and oxygen atoms in total. The third kappa shape index (κ3) is 16.1. The van der Waals surface area contributed by atoms with Gasteiger partial charge in [-0.3, -0.25) is 37.4 Å². The third-order valence-corrected chi connectivity index (χ3v) is 9.20. The normalized spacial score (nSPS) is 17.3. The summed E-state index contributed by atoms with van der Waals surface area (Å²) in [7, 11) is -7.47. The van der Waals surface area contributed by atoms with Gasteiger partial charge in [0.1, 0.15) is 0 Å². The van der Waals surface area contributed by atoms with Crippen molar-refractivity contribution >= 4 is 69.8 Å². The molecule has 1 aliphatic rings. The number of amides is 2. The number of carboxylic acid groups (broad SMARTS) is 1. The number of alkyl halides is 2. The molecular weight excluding hydrogens is 767 g/mol. The number of carbonyl (C=O) groups is 4. The fraction of sp³-hybridized carbons (Fsp3) is 0.471. The second kappa shape index (κ2) is 23.3. The van der Waals surface area contributed by atoms with E-state index in [4.69, 9.17) is 19.6 Å². The Labute approximate surface area is 334 Å². The molecule has 2 unspecified atom stereocenters. The average molecular weight is 812 g/mol. The maximum absolute atomic E-state index is 15.8. The number of rotatable bonds is 23. The van der Waals surface area contributed by atoms with Crippen molar-refractivity contribution in [2.75, 3.05) is 13.1 Å². The van der Waals surface area contributed by atoms with Crippen LogP contribution in [0.4, 0.5) is 8.78 Å². The number of nitrogens with zero attached hydrogens (tertiary/aromatic N) is 1. The fourth-order valence-corrected chi connectivity index (χ4v) is 6.50. The first-order valence-electron chi connectivity index (χ1n) is 16.9. The number of halogens is 2. The van der Waals surface area contributed by atoms with Crippen LogP contribution in [0.2, 0.25) is 0 Å². The van der Waals surface area contributed by atoms with E-state index in [1.807, 2.05) is 0 Å². The fourth-order valence-electron chi connectivity index (χ4n) is 5.58. The van der Waals surface area contributed by atoms with E-state index >= 15 is 8.78 Å². The second-order valence-electron chi connectivity index (χ2n) is 12.2. The molecule has 2 aromatic carbocycles. The topological polar surface area (TPSA) is 226 Å². The first kappa shape index (κ1) is 47.3. The molecule has 0 bridgehead atoms. The zero-order valence-electron chi connectivity index (χ0n) is 29.7. The Kier molecular flexibility index (Phi) is 20.4. The van der Waals surface area contributed by atoms with E-state index in [-0.39, 0.29) is 72.4 Å². The third-order valence-electron chi connectivity index (χ3n) is 8.21. The van der Waals surface area contributed by atoms with E-state index in [9.17, 15) is 33.4 Å². The first-order valence-corrected chi connectivity index (χ1v) is 19.4. The monoisotopic (exact) mass is 811 g/mol. The number of aliphatic hydroxyl groups is 1. The number of ether oxygens (including phenoxy) is 1. The summed E-state index contributed by atoms with van der Waals surface area (Å²) < 4.78 is 67.4. The zero-order valence-corrected chi connectivity index (χ0v) is 33.7. The van der Waals surface area contributed by atoms with Gasteiger partial charge >= 0.3 is 34.4 Å². The van der Waals surface area contributed by atoms with Crippen molar-refractivity contribution in [3.05, 3.63) is 83.4 Å². The van der Waals surface area contributed by atoms with Gasteiger partial charge in [-0.05, 0) is 49.5 Å². The van der Waals surface area contributed by atoms with Gasteiger partial charge in [-0.15, -0.1) is 0 Å². The molecular formula is C34H44F2N2NaO13P2. The molecule has 0 aliphatic carbocycles. The predicted molar refractivity (Wildman–Crippen MR) is 192 cm³/mol. The van der Waals surface area contributed by atoms with Crippen molar-refractivity contribution in [3.8, 4) is 0 Å². The van der Waals surface area contributed by atoms with Gasteiger partial charge in [-0.2, -0.15) is 8.78 Å². The average Bonchev–Trinajstić information content (AvgIpc) is 3.44. The van der Waals surface area contributed by atoms with Crippen molar-refractivity contribution in [1.82, 2.24) is 10.2 Å². The Balaban J connectivity index is 0.0000101. The van der Waals surface area contributed by atoms with Crippen molar-refractivity contribution in [1.29, 1.82) is 0 Å². The van der Waals surface area contributed by atoms with Crippen molar-refractivity contribution in [2.24, 2.45) is 0 Å². The molecule has 3 rings (SSSR count). The van der Waals surface area contributed by atoms with Crippen LogP contribution in [0, 0.1) is 0 Å². The molecule has 0 spiro atoms. The number of nitrogens with one attached hydrogen (secondary N) is 1. The molecule has 54 heavy (non-hydrogen) atoms. The summed E-state index contributed by atoms with van der Waals surface area (Å²) in [6, 6.07) is 12.0.